The number of pyridine rings is 1. The largest absolute Gasteiger partial charge is 0.397 e. The Labute approximate surface area is 141 Å². The monoisotopic (exact) mass is 410 g/mol. The number of nitrogen functional groups attached to an aromatic ring is 1. The molecule has 1 aromatic heterocycles. The van der Waals surface area contributed by atoms with E-state index in [2.05, 4.69) is 52.7 Å². The Morgan fingerprint density at radius 3 is 2.33 bits per heavy atom. The molecule has 0 atom stereocenters. The number of rotatable bonds is 2. The number of aromatic nitrogens is 1. The third-order valence-electron chi connectivity index (χ3n) is 3.65. The maximum atomic E-state index is 6.06. The van der Waals surface area contributed by atoms with Gasteiger partial charge in [-0.2, -0.15) is 0 Å². The third kappa shape index (κ3) is 3.16. The minimum Gasteiger partial charge on any atom is -0.397 e. The third-order valence-corrected chi connectivity index (χ3v) is 4.66. The zero-order valence-electron chi connectivity index (χ0n) is 11.5. The number of para-hydroxylation sites is 2. The van der Waals surface area contributed by atoms with Gasteiger partial charge in [-0.3, -0.25) is 0 Å². The summed E-state index contributed by atoms with van der Waals surface area (Å²) in [6, 6.07) is 10.1. The summed E-state index contributed by atoms with van der Waals surface area (Å²) in [7, 11) is 0. The number of benzene rings is 1. The van der Waals surface area contributed by atoms with Gasteiger partial charge in [0.15, 0.2) is 0 Å². The van der Waals surface area contributed by atoms with Crippen LogP contribution in [0.1, 0.15) is 0 Å². The van der Waals surface area contributed by atoms with Crippen LogP contribution < -0.4 is 15.5 Å². The first-order valence-electron chi connectivity index (χ1n) is 6.80. The van der Waals surface area contributed by atoms with E-state index in [1.165, 1.54) is 0 Å². The Morgan fingerprint density at radius 1 is 1.00 bits per heavy atom. The van der Waals surface area contributed by atoms with Crippen molar-refractivity contribution >= 4 is 49.1 Å². The second-order valence-corrected chi connectivity index (χ2v) is 6.76. The van der Waals surface area contributed by atoms with Gasteiger partial charge in [0, 0.05) is 36.8 Å². The fraction of sp³-hybridized carbons (Fsp3) is 0.267. The van der Waals surface area contributed by atoms with Crippen molar-refractivity contribution in [2.45, 2.75) is 0 Å². The van der Waals surface area contributed by atoms with Crippen molar-refractivity contribution in [3.8, 4) is 0 Å². The fourth-order valence-corrected chi connectivity index (χ4v) is 3.81. The van der Waals surface area contributed by atoms with Crippen LogP contribution >= 0.6 is 31.9 Å². The number of hydrogen-bond acceptors (Lipinski definition) is 4. The fourth-order valence-electron chi connectivity index (χ4n) is 2.57. The van der Waals surface area contributed by atoms with E-state index in [4.69, 9.17) is 5.73 Å². The molecule has 0 saturated carbocycles. The molecule has 1 aliphatic rings. The van der Waals surface area contributed by atoms with Gasteiger partial charge in [-0.15, -0.1) is 0 Å². The highest BCUT2D eigenvalue weighted by Crippen LogP contribution is 2.29. The SMILES string of the molecule is Nc1ccccc1N1CCN(c2ncc(Br)cc2Br)CC1. The van der Waals surface area contributed by atoms with Crippen LogP contribution in [0.15, 0.2) is 45.5 Å². The lowest BCUT2D eigenvalue weighted by Gasteiger charge is -2.37. The number of piperazine rings is 1. The molecule has 2 heterocycles. The molecule has 1 fully saturated rings. The molecule has 110 valence electrons. The first kappa shape index (κ1) is 14.7. The maximum Gasteiger partial charge on any atom is 0.143 e. The van der Waals surface area contributed by atoms with Crippen LogP contribution in [0.25, 0.3) is 0 Å². The number of hydrogen-bond donors (Lipinski definition) is 1. The zero-order chi connectivity index (χ0) is 14.8. The minimum absolute atomic E-state index is 0.842. The lowest BCUT2D eigenvalue weighted by atomic mass is 10.2. The van der Waals surface area contributed by atoms with E-state index < -0.39 is 0 Å². The number of nitrogens with zero attached hydrogens (tertiary/aromatic N) is 3. The summed E-state index contributed by atoms with van der Waals surface area (Å²) >= 11 is 7.02. The lowest BCUT2D eigenvalue weighted by molar-refractivity contribution is 0.647. The Hall–Kier alpha value is -1.27. The van der Waals surface area contributed by atoms with Crippen molar-refractivity contribution in [1.82, 2.24) is 4.98 Å². The van der Waals surface area contributed by atoms with E-state index in [9.17, 15) is 0 Å². The van der Waals surface area contributed by atoms with Gasteiger partial charge in [0.25, 0.3) is 0 Å². The van der Waals surface area contributed by atoms with Crippen LogP contribution in [-0.4, -0.2) is 31.2 Å². The van der Waals surface area contributed by atoms with Gasteiger partial charge in [0.2, 0.25) is 0 Å². The van der Waals surface area contributed by atoms with Gasteiger partial charge in [-0.1, -0.05) is 12.1 Å². The van der Waals surface area contributed by atoms with Crippen LogP contribution in [0.2, 0.25) is 0 Å². The first-order valence-corrected chi connectivity index (χ1v) is 8.39. The van der Waals surface area contributed by atoms with Gasteiger partial charge >= 0.3 is 0 Å². The molecule has 1 saturated heterocycles. The summed E-state index contributed by atoms with van der Waals surface area (Å²) in [5, 5.41) is 0. The summed E-state index contributed by atoms with van der Waals surface area (Å²) in [4.78, 5) is 9.14. The van der Waals surface area contributed by atoms with Crippen molar-refractivity contribution < 1.29 is 0 Å². The molecule has 0 unspecified atom stereocenters. The predicted molar refractivity (Wildman–Crippen MR) is 94.9 cm³/mol. The quantitative estimate of drug-likeness (QED) is 0.768. The number of anilines is 3. The molecule has 0 aliphatic carbocycles. The van der Waals surface area contributed by atoms with E-state index in [1.807, 2.05) is 30.5 Å². The zero-order valence-corrected chi connectivity index (χ0v) is 14.6. The van der Waals surface area contributed by atoms with E-state index >= 15 is 0 Å². The molecule has 6 heteroatoms. The minimum atomic E-state index is 0.842. The highest BCUT2D eigenvalue weighted by molar-refractivity contribution is 9.11. The van der Waals surface area contributed by atoms with Crippen LogP contribution in [0.5, 0.6) is 0 Å². The molecule has 0 bridgehead atoms. The summed E-state index contributed by atoms with van der Waals surface area (Å²) < 4.78 is 2.00. The van der Waals surface area contributed by atoms with Gasteiger partial charge in [-0.05, 0) is 50.1 Å². The highest BCUT2D eigenvalue weighted by Gasteiger charge is 2.21. The standard InChI is InChI=1S/C15H16Br2N4/c16-11-9-12(17)15(19-10-11)21-7-5-20(6-8-21)14-4-2-1-3-13(14)18/h1-4,9-10H,5-8,18H2. The average molecular weight is 412 g/mol. The Bertz CT molecular complexity index is 639. The topological polar surface area (TPSA) is 45.4 Å². The molecule has 3 rings (SSSR count). The molecule has 0 amide bonds. The molecule has 0 spiro atoms. The van der Waals surface area contributed by atoms with Gasteiger partial charge in [0.05, 0.1) is 15.8 Å². The van der Waals surface area contributed by atoms with Gasteiger partial charge in [-0.25, -0.2) is 4.98 Å². The molecule has 2 N–H and O–H groups in total. The first-order chi connectivity index (χ1) is 10.1. The van der Waals surface area contributed by atoms with Crippen molar-refractivity contribution in [1.29, 1.82) is 0 Å². The second kappa shape index (κ2) is 6.23. The number of nitrogens with two attached hydrogens (primary N) is 1. The average Bonchev–Trinajstić information content (AvgIpc) is 2.48. The van der Waals surface area contributed by atoms with Crippen LogP contribution in [0, 0.1) is 0 Å². The summed E-state index contributed by atoms with van der Waals surface area (Å²) in [5.41, 5.74) is 8.02. The van der Waals surface area contributed by atoms with E-state index in [0.29, 0.717) is 0 Å². The molecular weight excluding hydrogens is 396 g/mol. The summed E-state index contributed by atoms with van der Waals surface area (Å²) in [6.07, 6.45) is 1.83. The summed E-state index contributed by atoms with van der Waals surface area (Å²) in [5.74, 6) is 0.999. The van der Waals surface area contributed by atoms with E-state index in [-0.39, 0.29) is 0 Å². The van der Waals surface area contributed by atoms with Crippen LogP contribution in [-0.2, 0) is 0 Å². The van der Waals surface area contributed by atoms with Crippen LogP contribution in [0.3, 0.4) is 0 Å². The second-order valence-electron chi connectivity index (χ2n) is 4.99. The molecule has 4 nitrogen and oxygen atoms in total. The van der Waals surface area contributed by atoms with Crippen molar-refractivity contribution in [2.24, 2.45) is 0 Å². The van der Waals surface area contributed by atoms with Gasteiger partial charge < -0.3 is 15.5 Å². The normalized spacial score (nSPS) is 15.3. The molecule has 0 radical (unpaired) electrons. The lowest BCUT2D eigenvalue weighted by Crippen LogP contribution is -2.47. The highest BCUT2D eigenvalue weighted by atomic mass is 79.9. The maximum absolute atomic E-state index is 6.06. The van der Waals surface area contributed by atoms with Crippen LogP contribution in [0.4, 0.5) is 17.2 Å². The molecular formula is C15H16Br2N4. The smallest absolute Gasteiger partial charge is 0.143 e. The molecule has 1 aliphatic heterocycles. The Kier molecular flexibility index (Phi) is 4.35. The van der Waals surface area contributed by atoms with E-state index in [1.54, 1.807) is 0 Å². The number of halogens is 2. The molecule has 2 aromatic rings. The predicted octanol–water partition coefficient (Wildman–Crippen LogP) is 3.52. The Balaban J connectivity index is 1.72. The molecule has 1 aromatic carbocycles. The van der Waals surface area contributed by atoms with Crippen molar-refractivity contribution in [3.05, 3.63) is 45.5 Å². The van der Waals surface area contributed by atoms with E-state index in [0.717, 1.165) is 52.3 Å². The molecule has 21 heavy (non-hydrogen) atoms. The van der Waals surface area contributed by atoms with Crippen molar-refractivity contribution in [2.75, 3.05) is 41.7 Å². The van der Waals surface area contributed by atoms with Gasteiger partial charge in [0.1, 0.15) is 5.82 Å². The summed E-state index contributed by atoms with van der Waals surface area (Å²) in [6.45, 7) is 3.75. The van der Waals surface area contributed by atoms with Crippen molar-refractivity contribution in [3.63, 3.8) is 0 Å². The Morgan fingerprint density at radius 2 is 1.67 bits per heavy atom.